The van der Waals surface area contributed by atoms with Crippen LogP contribution in [0.5, 0.6) is 0 Å². The zero-order valence-electron chi connectivity index (χ0n) is 14.9. The molecule has 1 aliphatic heterocycles. The van der Waals surface area contributed by atoms with Crippen molar-refractivity contribution in [2.24, 2.45) is 11.1 Å². The first-order chi connectivity index (χ1) is 12.6. The molecule has 0 radical (unpaired) electrons. The fourth-order valence-electron chi connectivity index (χ4n) is 4.45. The van der Waals surface area contributed by atoms with Gasteiger partial charge in [-0.3, -0.25) is 4.68 Å². The van der Waals surface area contributed by atoms with E-state index in [0.717, 1.165) is 49.9 Å². The molecule has 7 heteroatoms. The quantitative estimate of drug-likeness (QED) is 0.862. The number of nitrogens with one attached hydrogen (secondary N) is 1. The van der Waals surface area contributed by atoms with Gasteiger partial charge in [-0.15, -0.1) is 0 Å². The van der Waals surface area contributed by atoms with Crippen LogP contribution in [0, 0.1) is 5.41 Å². The van der Waals surface area contributed by atoms with E-state index in [1.807, 2.05) is 6.20 Å². The number of rotatable bonds is 3. The summed E-state index contributed by atoms with van der Waals surface area (Å²) in [7, 11) is 0. The second-order valence-corrected chi connectivity index (χ2v) is 8.71. The molecule has 2 fully saturated rings. The number of hydrogen-bond donors (Lipinski definition) is 2. The maximum Gasteiger partial charge on any atom is 0.223 e. The fourth-order valence-corrected chi connectivity index (χ4v) is 4.64. The molecule has 0 aromatic carbocycles. The van der Waals surface area contributed by atoms with Crippen LogP contribution in [0.3, 0.4) is 0 Å². The molecule has 3 heterocycles. The lowest BCUT2D eigenvalue weighted by atomic mass is 9.91. The van der Waals surface area contributed by atoms with Crippen molar-refractivity contribution in [3.8, 4) is 11.3 Å². The van der Waals surface area contributed by atoms with Gasteiger partial charge in [0.05, 0.1) is 23.1 Å². The van der Waals surface area contributed by atoms with Crippen molar-refractivity contribution in [1.82, 2.24) is 19.7 Å². The van der Waals surface area contributed by atoms with Crippen LogP contribution in [-0.2, 0) is 13.0 Å². The van der Waals surface area contributed by atoms with Crippen LogP contribution < -0.4 is 11.1 Å². The number of nitrogens with two attached hydrogens (primary N) is 1. The van der Waals surface area contributed by atoms with E-state index >= 15 is 0 Å². The summed E-state index contributed by atoms with van der Waals surface area (Å²) in [6.45, 7) is 1.01. The maximum atomic E-state index is 6.47. The van der Waals surface area contributed by atoms with Gasteiger partial charge in [-0.05, 0) is 56.8 Å². The Morgan fingerprint density at radius 3 is 2.73 bits per heavy atom. The lowest BCUT2D eigenvalue weighted by molar-refractivity contribution is 0.349. The molecule has 26 heavy (non-hydrogen) atoms. The monoisotopic (exact) mass is 372 g/mol. The summed E-state index contributed by atoms with van der Waals surface area (Å²) in [4.78, 5) is 9.17. The summed E-state index contributed by atoms with van der Waals surface area (Å²) >= 11 is 6.47. The van der Waals surface area contributed by atoms with Crippen molar-refractivity contribution in [3.05, 3.63) is 23.1 Å². The lowest BCUT2D eigenvalue weighted by Gasteiger charge is -2.27. The molecular weight excluding hydrogens is 348 g/mol. The molecule has 5 rings (SSSR count). The van der Waals surface area contributed by atoms with Gasteiger partial charge in [-0.25, -0.2) is 9.97 Å². The largest absolute Gasteiger partial charge is 0.351 e. The Labute approximate surface area is 158 Å². The third-order valence-electron chi connectivity index (χ3n) is 6.41. The molecule has 1 spiro atoms. The van der Waals surface area contributed by atoms with E-state index in [2.05, 4.69) is 20.1 Å². The number of nitrogens with zero attached hydrogens (tertiary/aromatic N) is 4. The first-order valence-electron chi connectivity index (χ1n) is 9.72. The minimum atomic E-state index is 0.337. The van der Waals surface area contributed by atoms with Crippen LogP contribution >= 0.6 is 11.6 Å². The number of fused-ring (bicyclic) bond motifs is 1. The van der Waals surface area contributed by atoms with Crippen molar-refractivity contribution in [3.63, 3.8) is 0 Å². The van der Waals surface area contributed by atoms with Crippen molar-refractivity contribution in [2.75, 3.05) is 5.32 Å². The van der Waals surface area contributed by atoms with E-state index in [9.17, 15) is 0 Å². The second-order valence-electron chi connectivity index (χ2n) is 8.30. The molecule has 2 aromatic heterocycles. The molecule has 0 amide bonds. The van der Waals surface area contributed by atoms with Gasteiger partial charge in [-0.1, -0.05) is 11.6 Å². The van der Waals surface area contributed by atoms with Gasteiger partial charge in [0.25, 0.3) is 0 Å². The number of aryl methyl sites for hydroxylation is 1. The van der Waals surface area contributed by atoms with Crippen molar-refractivity contribution >= 4 is 17.5 Å². The molecule has 2 aromatic rings. The Hall–Kier alpha value is -1.66. The van der Waals surface area contributed by atoms with Gasteiger partial charge in [0.15, 0.2) is 0 Å². The highest BCUT2D eigenvalue weighted by atomic mass is 35.5. The molecular formula is C19H25ClN6. The Morgan fingerprint density at radius 2 is 1.96 bits per heavy atom. The summed E-state index contributed by atoms with van der Waals surface area (Å²) in [5.41, 5.74) is 9.67. The Morgan fingerprint density at radius 1 is 1.15 bits per heavy atom. The lowest BCUT2D eigenvalue weighted by Crippen LogP contribution is -2.33. The maximum absolute atomic E-state index is 6.47. The Kier molecular flexibility index (Phi) is 3.94. The summed E-state index contributed by atoms with van der Waals surface area (Å²) in [6, 6.07) is 0.725. The molecule has 3 N–H and O–H groups in total. The smallest absolute Gasteiger partial charge is 0.223 e. The highest BCUT2D eigenvalue weighted by molar-refractivity contribution is 6.32. The van der Waals surface area contributed by atoms with Crippen molar-refractivity contribution < 1.29 is 0 Å². The summed E-state index contributed by atoms with van der Waals surface area (Å²) in [5.74, 6) is 0.654. The van der Waals surface area contributed by atoms with E-state index in [0.29, 0.717) is 28.5 Å². The first kappa shape index (κ1) is 16.5. The van der Waals surface area contributed by atoms with Gasteiger partial charge >= 0.3 is 0 Å². The van der Waals surface area contributed by atoms with Crippen LogP contribution in [0.25, 0.3) is 11.3 Å². The third-order valence-corrected chi connectivity index (χ3v) is 6.68. The van der Waals surface area contributed by atoms with Crippen LogP contribution in [0.4, 0.5) is 5.95 Å². The van der Waals surface area contributed by atoms with Crippen LogP contribution in [0.1, 0.15) is 50.6 Å². The summed E-state index contributed by atoms with van der Waals surface area (Å²) in [6.07, 6.45) is 12.9. The van der Waals surface area contributed by atoms with Crippen LogP contribution in [0.15, 0.2) is 12.4 Å². The van der Waals surface area contributed by atoms with Gasteiger partial charge in [0.2, 0.25) is 5.95 Å². The number of hydrogen-bond acceptors (Lipinski definition) is 5. The van der Waals surface area contributed by atoms with Gasteiger partial charge in [-0.2, -0.15) is 5.10 Å². The van der Waals surface area contributed by atoms with Gasteiger partial charge in [0.1, 0.15) is 0 Å². The predicted molar refractivity (Wildman–Crippen MR) is 102 cm³/mol. The molecule has 0 saturated heterocycles. The second kappa shape index (κ2) is 6.20. The summed E-state index contributed by atoms with van der Waals surface area (Å²) < 4.78 is 2.13. The predicted octanol–water partition coefficient (Wildman–Crippen LogP) is 3.40. The topological polar surface area (TPSA) is 81.6 Å². The average Bonchev–Trinajstić information content (AvgIpc) is 3.26. The van der Waals surface area contributed by atoms with Gasteiger partial charge < -0.3 is 11.1 Å². The van der Waals surface area contributed by atoms with Crippen molar-refractivity contribution in [2.45, 2.75) is 70.0 Å². The van der Waals surface area contributed by atoms with Crippen LogP contribution in [0.2, 0.25) is 5.02 Å². The average molecular weight is 373 g/mol. The zero-order valence-corrected chi connectivity index (χ0v) is 15.7. The normalized spacial score (nSPS) is 26.5. The molecule has 0 atom stereocenters. The molecule has 138 valence electrons. The number of aromatic nitrogens is 4. The van der Waals surface area contributed by atoms with Crippen molar-refractivity contribution in [1.29, 1.82) is 0 Å². The van der Waals surface area contributed by atoms with Gasteiger partial charge in [0, 0.05) is 29.9 Å². The van der Waals surface area contributed by atoms with E-state index < -0.39 is 0 Å². The first-order valence-corrected chi connectivity index (χ1v) is 10.1. The minimum Gasteiger partial charge on any atom is -0.351 e. The van der Waals surface area contributed by atoms with E-state index in [1.165, 1.54) is 25.0 Å². The van der Waals surface area contributed by atoms with E-state index in [-0.39, 0.29) is 0 Å². The Balaban J connectivity index is 1.42. The van der Waals surface area contributed by atoms with Crippen LogP contribution in [-0.4, -0.2) is 31.8 Å². The molecule has 3 aliphatic rings. The highest BCUT2D eigenvalue weighted by Crippen LogP contribution is 2.54. The highest BCUT2D eigenvalue weighted by Gasteiger charge is 2.45. The van der Waals surface area contributed by atoms with E-state index in [4.69, 9.17) is 22.3 Å². The molecule has 0 unspecified atom stereocenters. The van der Waals surface area contributed by atoms with E-state index in [1.54, 1.807) is 6.20 Å². The molecule has 2 aliphatic carbocycles. The third kappa shape index (κ3) is 2.99. The molecule has 2 saturated carbocycles. The minimum absolute atomic E-state index is 0.337. The molecule has 0 bridgehead atoms. The summed E-state index contributed by atoms with van der Waals surface area (Å²) in [5, 5.41) is 8.65. The molecule has 6 nitrogen and oxygen atoms in total. The fraction of sp³-hybridized carbons (Fsp3) is 0.632. The number of halogens is 1. The number of anilines is 1. The Bertz CT molecular complexity index is 819. The zero-order chi connectivity index (χ0) is 17.7. The standard InChI is InChI=1S/C19H25ClN6/c20-15-11-22-18(24-13-3-1-12(21)2-4-13)25-17(15)14-10-23-26-8-7-19(5-6-19)9-16(14)26/h10-13H,1-9,21H2,(H,22,24,25)/t12-,13-. The SMILES string of the molecule is N[C@H]1CC[C@H](Nc2ncc(Cl)c(-c3cnn4c3CC3(CC4)CC3)n2)CC1.